The van der Waals surface area contributed by atoms with Gasteiger partial charge in [0.2, 0.25) is 0 Å². The molecule has 0 spiro atoms. The Hall–Kier alpha value is -1.02. The molecule has 1 aromatic carbocycles. The summed E-state index contributed by atoms with van der Waals surface area (Å²) in [4.78, 5) is 0. The van der Waals surface area contributed by atoms with Crippen LogP contribution in [0.15, 0.2) is 24.3 Å². The van der Waals surface area contributed by atoms with Crippen LogP contribution in [0.5, 0.6) is 5.75 Å². The first-order valence-corrected chi connectivity index (χ1v) is 7.78. The van der Waals surface area contributed by atoms with Gasteiger partial charge in [0.05, 0.1) is 6.10 Å². The summed E-state index contributed by atoms with van der Waals surface area (Å²) >= 11 is 0. The Kier molecular flexibility index (Phi) is 4.15. The Balaban J connectivity index is 2.05. The van der Waals surface area contributed by atoms with Crippen molar-refractivity contribution in [1.29, 1.82) is 0 Å². The van der Waals surface area contributed by atoms with E-state index in [4.69, 9.17) is 4.74 Å². The molecule has 0 aliphatic heterocycles. The fourth-order valence-corrected chi connectivity index (χ4v) is 2.79. The maximum Gasteiger partial charge on any atom is 0.119 e. The van der Waals surface area contributed by atoms with E-state index in [-0.39, 0.29) is 23.0 Å². The van der Waals surface area contributed by atoms with Crippen molar-refractivity contribution in [3.05, 3.63) is 29.8 Å². The first-order valence-electron chi connectivity index (χ1n) is 7.78. The van der Waals surface area contributed by atoms with Gasteiger partial charge < -0.3 is 9.84 Å². The number of rotatable bonds is 5. The summed E-state index contributed by atoms with van der Waals surface area (Å²) in [7, 11) is 0. The number of ether oxygens (including phenoxy) is 1. The second-order valence-electron chi connectivity index (χ2n) is 6.98. The van der Waals surface area contributed by atoms with Crippen molar-refractivity contribution in [2.24, 2.45) is 5.41 Å². The standard InChI is InChI=1S/C18H28O2/c1-6-17(3,4)13-8-10-14(11-9-13)20-16-12-15(19)18(16,5)7-2/h8-11,15-16,19H,6-7,12H2,1-5H3. The van der Waals surface area contributed by atoms with Crippen molar-refractivity contribution in [3.63, 3.8) is 0 Å². The zero-order chi connectivity index (χ0) is 15.0. The minimum Gasteiger partial charge on any atom is -0.490 e. The van der Waals surface area contributed by atoms with E-state index >= 15 is 0 Å². The molecule has 3 unspecified atom stereocenters. The predicted molar refractivity (Wildman–Crippen MR) is 83.2 cm³/mol. The van der Waals surface area contributed by atoms with Crippen LogP contribution in [0.4, 0.5) is 0 Å². The Bertz CT molecular complexity index is 449. The maximum absolute atomic E-state index is 9.92. The smallest absolute Gasteiger partial charge is 0.119 e. The first-order chi connectivity index (χ1) is 9.33. The lowest BCUT2D eigenvalue weighted by molar-refractivity contribution is -0.147. The molecule has 1 N–H and O–H groups in total. The van der Waals surface area contributed by atoms with Crippen LogP contribution >= 0.6 is 0 Å². The zero-order valence-electron chi connectivity index (χ0n) is 13.4. The second-order valence-corrected chi connectivity index (χ2v) is 6.98. The summed E-state index contributed by atoms with van der Waals surface area (Å²) in [6.45, 7) is 11.0. The number of hydrogen-bond donors (Lipinski definition) is 1. The van der Waals surface area contributed by atoms with Crippen molar-refractivity contribution in [2.75, 3.05) is 0 Å². The average Bonchev–Trinajstić information content (AvgIpc) is 2.46. The Morgan fingerprint density at radius 2 is 1.85 bits per heavy atom. The Morgan fingerprint density at radius 3 is 2.30 bits per heavy atom. The molecule has 1 fully saturated rings. The number of benzene rings is 1. The molecule has 2 nitrogen and oxygen atoms in total. The molecular formula is C18H28O2. The van der Waals surface area contributed by atoms with Crippen molar-refractivity contribution in [1.82, 2.24) is 0 Å². The average molecular weight is 276 g/mol. The van der Waals surface area contributed by atoms with E-state index in [1.807, 2.05) is 0 Å². The van der Waals surface area contributed by atoms with Crippen molar-refractivity contribution < 1.29 is 9.84 Å². The number of aliphatic hydroxyl groups excluding tert-OH is 1. The highest BCUT2D eigenvalue weighted by molar-refractivity contribution is 5.32. The van der Waals surface area contributed by atoms with E-state index in [1.54, 1.807) is 0 Å². The molecule has 0 bridgehead atoms. The van der Waals surface area contributed by atoms with Gasteiger partial charge in [-0.3, -0.25) is 0 Å². The zero-order valence-corrected chi connectivity index (χ0v) is 13.4. The minimum atomic E-state index is -0.226. The van der Waals surface area contributed by atoms with Crippen molar-refractivity contribution >= 4 is 0 Å². The lowest BCUT2D eigenvalue weighted by atomic mass is 9.63. The molecule has 0 saturated heterocycles. The molecule has 0 radical (unpaired) electrons. The van der Waals surface area contributed by atoms with E-state index in [1.165, 1.54) is 5.56 Å². The summed E-state index contributed by atoms with van der Waals surface area (Å²) in [5.41, 5.74) is 1.46. The molecule has 1 aromatic rings. The lowest BCUT2D eigenvalue weighted by Crippen LogP contribution is -2.57. The molecule has 1 saturated carbocycles. The molecule has 1 aliphatic rings. The quantitative estimate of drug-likeness (QED) is 0.868. The highest BCUT2D eigenvalue weighted by Gasteiger charge is 2.51. The Morgan fingerprint density at radius 1 is 1.25 bits per heavy atom. The summed E-state index contributed by atoms with van der Waals surface area (Å²) in [5, 5.41) is 9.92. The SMILES string of the molecule is CCC(C)(C)c1ccc(OC2CC(O)C2(C)CC)cc1. The van der Waals surface area contributed by atoms with Crippen LogP contribution < -0.4 is 4.74 Å². The monoisotopic (exact) mass is 276 g/mol. The van der Waals surface area contributed by atoms with Gasteiger partial charge in [0.15, 0.2) is 0 Å². The van der Waals surface area contributed by atoms with Crippen molar-refractivity contribution in [2.45, 2.75) is 71.5 Å². The van der Waals surface area contributed by atoms with Crippen molar-refractivity contribution in [3.8, 4) is 5.75 Å². The van der Waals surface area contributed by atoms with Crippen LogP contribution in [0.3, 0.4) is 0 Å². The molecule has 0 heterocycles. The van der Waals surface area contributed by atoms with Gasteiger partial charge in [0.25, 0.3) is 0 Å². The van der Waals surface area contributed by atoms with Crippen LogP contribution in [-0.4, -0.2) is 17.3 Å². The molecule has 0 aromatic heterocycles. The minimum absolute atomic E-state index is 0.0959. The molecule has 0 amide bonds. The fourth-order valence-electron chi connectivity index (χ4n) is 2.79. The Labute approximate surface area is 123 Å². The summed E-state index contributed by atoms with van der Waals surface area (Å²) in [6, 6.07) is 8.45. The number of hydrogen-bond acceptors (Lipinski definition) is 2. The van der Waals surface area contributed by atoms with Gasteiger partial charge in [-0.2, -0.15) is 0 Å². The fraction of sp³-hybridized carbons (Fsp3) is 0.667. The molecule has 112 valence electrons. The summed E-state index contributed by atoms with van der Waals surface area (Å²) in [5.74, 6) is 0.914. The highest BCUT2D eigenvalue weighted by Crippen LogP contribution is 2.46. The van der Waals surface area contributed by atoms with E-state index in [0.29, 0.717) is 0 Å². The van der Waals surface area contributed by atoms with Gasteiger partial charge in [-0.1, -0.05) is 46.8 Å². The lowest BCUT2D eigenvalue weighted by Gasteiger charge is -2.50. The summed E-state index contributed by atoms with van der Waals surface area (Å²) in [6.07, 6.45) is 2.71. The van der Waals surface area contributed by atoms with Crippen LogP contribution in [0.25, 0.3) is 0 Å². The first kappa shape index (κ1) is 15.4. The maximum atomic E-state index is 9.92. The third-order valence-electron chi connectivity index (χ3n) is 5.49. The third kappa shape index (κ3) is 2.58. The topological polar surface area (TPSA) is 29.5 Å². The van der Waals surface area contributed by atoms with Crippen LogP contribution in [0.1, 0.15) is 59.4 Å². The molecule has 2 rings (SSSR count). The van der Waals surface area contributed by atoms with Gasteiger partial charge in [0, 0.05) is 11.8 Å². The van der Waals surface area contributed by atoms with Crippen LogP contribution in [0.2, 0.25) is 0 Å². The summed E-state index contributed by atoms with van der Waals surface area (Å²) < 4.78 is 6.07. The van der Waals surface area contributed by atoms with Crippen LogP contribution in [-0.2, 0) is 5.41 Å². The predicted octanol–water partition coefficient (Wildman–Crippen LogP) is 4.30. The molecule has 2 heteroatoms. The van der Waals surface area contributed by atoms with E-state index in [0.717, 1.165) is 25.0 Å². The molecule has 1 aliphatic carbocycles. The van der Waals surface area contributed by atoms with E-state index in [2.05, 4.69) is 58.9 Å². The number of aliphatic hydroxyl groups is 1. The normalized spacial score (nSPS) is 29.9. The highest BCUT2D eigenvalue weighted by atomic mass is 16.5. The van der Waals surface area contributed by atoms with Gasteiger partial charge >= 0.3 is 0 Å². The van der Waals surface area contributed by atoms with E-state index < -0.39 is 0 Å². The third-order valence-corrected chi connectivity index (χ3v) is 5.49. The van der Waals surface area contributed by atoms with Crippen LogP contribution in [0, 0.1) is 5.41 Å². The van der Waals surface area contributed by atoms with E-state index in [9.17, 15) is 5.11 Å². The molecule has 20 heavy (non-hydrogen) atoms. The second kappa shape index (κ2) is 5.40. The largest absolute Gasteiger partial charge is 0.490 e. The van der Waals surface area contributed by atoms with Gasteiger partial charge in [-0.05, 0) is 36.0 Å². The van der Waals surface area contributed by atoms with Gasteiger partial charge in [-0.25, -0.2) is 0 Å². The van der Waals surface area contributed by atoms with Gasteiger partial charge in [-0.15, -0.1) is 0 Å². The molecular weight excluding hydrogens is 248 g/mol. The van der Waals surface area contributed by atoms with Gasteiger partial charge in [0.1, 0.15) is 11.9 Å². The molecule has 3 atom stereocenters.